The van der Waals surface area contributed by atoms with Gasteiger partial charge in [-0.05, 0) is 18.5 Å². The molecule has 0 aliphatic carbocycles. The lowest BCUT2D eigenvalue weighted by Crippen LogP contribution is -2.49. The summed E-state index contributed by atoms with van der Waals surface area (Å²) in [6, 6.07) is 4.03. The predicted molar refractivity (Wildman–Crippen MR) is 80.6 cm³/mol. The average molecular weight is 276 g/mol. The number of likely N-dealkylation sites (N-methyl/N-ethyl adjacent to an activating group) is 1. The molecule has 1 aliphatic rings. The van der Waals surface area contributed by atoms with Gasteiger partial charge in [0.25, 0.3) is 0 Å². The summed E-state index contributed by atoms with van der Waals surface area (Å²) in [5.74, 6) is 1.72. The first-order chi connectivity index (χ1) is 9.58. The van der Waals surface area contributed by atoms with Crippen LogP contribution in [0.2, 0.25) is 0 Å². The van der Waals surface area contributed by atoms with E-state index in [1.807, 2.05) is 13.1 Å². The molecule has 1 aromatic rings. The first-order valence-electron chi connectivity index (χ1n) is 7.21. The van der Waals surface area contributed by atoms with Crippen molar-refractivity contribution in [1.29, 1.82) is 0 Å². The largest absolute Gasteiger partial charge is 0.345 e. The second-order valence-corrected chi connectivity index (χ2v) is 5.75. The molecule has 0 spiro atoms. The molecule has 0 aromatic carbocycles. The highest BCUT2D eigenvalue weighted by molar-refractivity contribution is 5.82. The van der Waals surface area contributed by atoms with Crippen LogP contribution in [0.5, 0.6) is 0 Å². The molecular formula is C15H24N4O. The van der Waals surface area contributed by atoms with Gasteiger partial charge < -0.3 is 15.1 Å². The number of nitrogens with zero attached hydrogens (tertiary/aromatic N) is 3. The minimum Gasteiger partial charge on any atom is -0.345 e. The fourth-order valence-corrected chi connectivity index (χ4v) is 2.29. The highest BCUT2D eigenvalue weighted by atomic mass is 16.2. The zero-order valence-electron chi connectivity index (χ0n) is 12.6. The van der Waals surface area contributed by atoms with Crippen molar-refractivity contribution in [2.45, 2.75) is 20.4 Å². The van der Waals surface area contributed by atoms with E-state index < -0.39 is 0 Å². The first kappa shape index (κ1) is 14.8. The number of nitrogens with one attached hydrogen (secondary N) is 1. The van der Waals surface area contributed by atoms with E-state index in [4.69, 9.17) is 0 Å². The maximum Gasteiger partial charge on any atom is 0.241 e. The number of carbonyl (C=O) groups excluding carboxylic acids is 1. The molecule has 5 nitrogen and oxygen atoms in total. The van der Waals surface area contributed by atoms with Crippen molar-refractivity contribution < 1.29 is 4.79 Å². The smallest absolute Gasteiger partial charge is 0.241 e. The lowest BCUT2D eigenvalue weighted by Gasteiger charge is -2.33. The molecule has 0 bridgehead atoms. The molecule has 5 heteroatoms. The molecule has 0 saturated carbocycles. The van der Waals surface area contributed by atoms with Gasteiger partial charge in [-0.1, -0.05) is 19.9 Å². The lowest BCUT2D eigenvalue weighted by molar-refractivity contribution is -0.129. The van der Waals surface area contributed by atoms with Crippen molar-refractivity contribution >= 4 is 11.7 Å². The van der Waals surface area contributed by atoms with Crippen LogP contribution in [0.25, 0.3) is 0 Å². The number of hydrogen-bond acceptors (Lipinski definition) is 4. The molecular weight excluding hydrogens is 252 g/mol. The Hall–Kier alpha value is -1.62. The van der Waals surface area contributed by atoms with Crippen molar-refractivity contribution in [1.82, 2.24) is 15.2 Å². The molecule has 110 valence electrons. The van der Waals surface area contributed by atoms with Crippen LogP contribution in [0.3, 0.4) is 0 Å². The van der Waals surface area contributed by atoms with Crippen LogP contribution in [-0.4, -0.2) is 49.0 Å². The van der Waals surface area contributed by atoms with Gasteiger partial charge in [0.05, 0.1) is 6.54 Å². The van der Waals surface area contributed by atoms with E-state index in [9.17, 15) is 4.79 Å². The number of pyridine rings is 1. The minimum absolute atomic E-state index is 0.156. The molecule has 20 heavy (non-hydrogen) atoms. The summed E-state index contributed by atoms with van der Waals surface area (Å²) in [5.41, 5.74) is 1.16. The van der Waals surface area contributed by atoms with E-state index in [1.54, 1.807) is 11.1 Å². The average Bonchev–Trinajstić information content (AvgIpc) is 2.42. The molecule has 0 atom stereocenters. The van der Waals surface area contributed by atoms with Gasteiger partial charge in [-0.25, -0.2) is 4.98 Å². The van der Waals surface area contributed by atoms with Gasteiger partial charge in [-0.3, -0.25) is 4.79 Å². The van der Waals surface area contributed by atoms with E-state index in [0.717, 1.165) is 37.6 Å². The van der Waals surface area contributed by atoms with Gasteiger partial charge in [0.15, 0.2) is 0 Å². The number of rotatable bonds is 5. The van der Waals surface area contributed by atoms with Gasteiger partial charge in [0.2, 0.25) is 5.91 Å². The van der Waals surface area contributed by atoms with E-state index in [0.29, 0.717) is 12.5 Å². The SMILES string of the molecule is CC(C)CNCc1cccnc1N1CCN(C)C(=O)C1. The molecule has 1 amide bonds. The van der Waals surface area contributed by atoms with Gasteiger partial charge in [-0.15, -0.1) is 0 Å². The highest BCUT2D eigenvalue weighted by Crippen LogP contribution is 2.19. The zero-order chi connectivity index (χ0) is 14.5. The Balaban J connectivity index is 2.05. The molecule has 0 radical (unpaired) electrons. The van der Waals surface area contributed by atoms with E-state index in [1.165, 1.54) is 0 Å². The molecule has 2 heterocycles. The second-order valence-electron chi connectivity index (χ2n) is 5.75. The molecule has 1 saturated heterocycles. The van der Waals surface area contributed by atoms with E-state index in [-0.39, 0.29) is 5.91 Å². The third-order valence-corrected chi connectivity index (χ3v) is 3.49. The van der Waals surface area contributed by atoms with Crippen molar-refractivity contribution in [3.05, 3.63) is 23.9 Å². The van der Waals surface area contributed by atoms with Crippen LogP contribution in [0.1, 0.15) is 19.4 Å². The van der Waals surface area contributed by atoms with Crippen LogP contribution in [-0.2, 0) is 11.3 Å². The van der Waals surface area contributed by atoms with E-state index in [2.05, 4.69) is 35.1 Å². The number of carbonyl (C=O) groups is 1. The number of amides is 1. The Bertz CT molecular complexity index is 461. The standard InChI is InChI=1S/C15H24N4O/c1-12(2)9-16-10-13-5-4-6-17-15(13)19-8-7-18(3)14(20)11-19/h4-6,12,16H,7-11H2,1-3H3. The Morgan fingerprint density at radius 3 is 2.90 bits per heavy atom. The number of anilines is 1. The molecule has 1 fully saturated rings. The number of aromatic nitrogens is 1. The van der Waals surface area contributed by atoms with Crippen molar-refractivity contribution in [3.8, 4) is 0 Å². The fraction of sp³-hybridized carbons (Fsp3) is 0.600. The Kier molecular flexibility index (Phi) is 4.95. The molecule has 1 N–H and O–H groups in total. The van der Waals surface area contributed by atoms with Gasteiger partial charge in [0.1, 0.15) is 5.82 Å². The minimum atomic E-state index is 0.156. The van der Waals surface area contributed by atoms with Gasteiger partial charge >= 0.3 is 0 Å². The third-order valence-electron chi connectivity index (χ3n) is 3.49. The molecule has 0 unspecified atom stereocenters. The molecule has 1 aromatic heterocycles. The summed E-state index contributed by atoms with van der Waals surface area (Å²) >= 11 is 0. The van der Waals surface area contributed by atoms with Gasteiger partial charge in [0, 0.05) is 38.4 Å². The van der Waals surface area contributed by atoms with Crippen LogP contribution in [0, 0.1) is 5.92 Å². The maximum atomic E-state index is 11.8. The van der Waals surface area contributed by atoms with Gasteiger partial charge in [-0.2, -0.15) is 0 Å². The third kappa shape index (κ3) is 3.70. The van der Waals surface area contributed by atoms with Crippen LogP contribution in [0.4, 0.5) is 5.82 Å². The quantitative estimate of drug-likeness (QED) is 0.875. The van der Waals surface area contributed by atoms with E-state index >= 15 is 0 Å². The topological polar surface area (TPSA) is 48.5 Å². The number of piperazine rings is 1. The van der Waals surface area contributed by atoms with Crippen molar-refractivity contribution in [2.24, 2.45) is 5.92 Å². The summed E-state index contributed by atoms with van der Waals surface area (Å²) in [6.07, 6.45) is 1.80. The summed E-state index contributed by atoms with van der Waals surface area (Å²) in [6.45, 7) is 8.18. The highest BCUT2D eigenvalue weighted by Gasteiger charge is 2.23. The summed E-state index contributed by atoms with van der Waals surface area (Å²) in [4.78, 5) is 20.2. The van der Waals surface area contributed by atoms with Crippen LogP contribution in [0.15, 0.2) is 18.3 Å². The second kappa shape index (κ2) is 6.70. The lowest BCUT2D eigenvalue weighted by atomic mass is 10.2. The Labute approximate surface area is 121 Å². The first-order valence-corrected chi connectivity index (χ1v) is 7.21. The summed E-state index contributed by atoms with van der Waals surface area (Å²) < 4.78 is 0. The zero-order valence-corrected chi connectivity index (χ0v) is 12.6. The van der Waals surface area contributed by atoms with Crippen molar-refractivity contribution in [3.63, 3.8) is 0 Å². The monoisotopic (exact) mass is 276 g/mol. The maximum absolute atomic E-state index is 11.8. The molecule has 2 rings (SSSR count). The van der Waals surface area contributed by atoms with Crippen LogP contribution < -0.4 is 10.2 Å². The summed E-state index contributed by atoms with van der Waals surface area (Å²) in [5, 5.41) is 3.44. The number of hydrogen-bond donors (Lipinski definition) is 1. The Morgan fingerprint density at radius 1 is 1.40 bits per heavy atom. The fourth-order valence-electron chi connectivity index (χ4n) is 2.29. The summed E-state index contributed by atoms with van der Waals surface area (Å²) in [7, 11) is 1.85. The molecule has 1 aliphatic heterocycles. The van der Waals surface area contributed by atoms with Crippen LogP contribution >= 0.6 is 0 Å². The Morgan fingerprint density at radius 2 is 2.20 bits per heavy atom. The predicted octanol–water partition coefficient (Wildman–Crippen LogP) is 1.11. The van der Waals surface area contributed by atoms with Crippen molar-refractivity contribution in [2.75, 3.05) is 38.1 Å². The normalized spacial score (nSPS) is 16.1.